The molecule has 0 aromatic carbocycles. The number of nitrogens with zero attached hydrogens (tertiary/aromatic N) is 4. The highest BCUT2D eigenvalue weighted by Gasteiger charge is 2.18. The molecule has 0 unspecified atom stereocenters. The van der Waals surface area contributed by atoms with Crippen LogP contribution in [-0.2, 0) is 6.54 Å². The quantitative estimate of drug-likeness (QED) is 0.870. The van der Waals surface area contributed by atoms with E-state index in [4.69, 9.17) is 4.74 Å². The van der Waals surface area contributed by atoms with E-state index in [2.05, 4.69) is 20.4 Å². The molecule has 7 nitrogen and oxygen atoms in total. The topological polar surface area (TPSA) is 81.9 Å². The molecule has 0 saturated heterocycles. The zero-order valence-corrected chi connectivity index (χ0v) is 10.5. The molecule has 98 valence electrons. The highest BCUT2D eigenvalue weighted by atomic mass is 16.5. The maximum Gasteiger partial charge on any atom is 0.278 e. The molecular weight excluding hydrogens is 246 g/mol. The van der Waals surface area contributed by atoms with Crippen molar-refractivity contribution in [1.29, 1.82) is 0 Å². The number of amides is 1. The van der Waals surface area contributed by atoms with Crippen molar-refractivity contribution in [3.05, 3.63) is 29.7 Å². The van der Waals surface area contributed by atoms with E-state index in [9.17, 15) is 4.79 Å². The summed E-state index contributed by atoms with van der Waals surface area (Å²) in [7, 11) is 0. The van der Waals surface area contributed by atoms with Crippen LogP contribution in [-0.4, -0.2) is 32.3 Å². The van der Waals surface area contributed by atoms with Crippen LogP contribution in [0.2, 0.25) is 0 Å². The molecule has 0 fully saturated rings. The second kappa shape index (κ2) is 4.68. The molecule has 0 radical (unpaired) electrons. The predicted molar refractivity (Wildman–Crippen MR) is 67.1 cm³/mol. The normalized spacial score (nSPS) is 13.5. The van der Waals surface area contributed by atoms with Gasteiger partial charge in [-0.05, 0) is 13.0 Å². The van der Waals surface area contributed by atoms with Gasteiger partial charge >= 0.3 is 0 Å². The predicted octanol–water partition coefficient (Wildman–Crippen LogP) is 1.02. The molecular formula is C12H13N5O2. The highest BCUT2D eigenvalue weighted by Crippen LogP contribution is 2.18. The lowest BCUT2D eigenvalue weighted by molar-refractivity contribution is 0.102. The lowest BCUT2D eigenvalue weighted by Gasteiger charge is -2.13. The molecule has 2 aromatic heterocycles. The third-order valence-electron chi connectivity index (χ3n) is 2.76. The van der Waals surface area contributed by atoms with Gasteiger partial charge in [0.15, 0.2) is 5.69 Å². The number of hydrogen-bond donors (Lipinski definition) is 1. The van der Waals surface area contributed by atoms with Gasteiger partial charge in [-0.1, -0.05) is 0 Å². The monoisotopic (exact) mass is 259 g/mol. The minimum atomic E-state index is -0.337. The van der Waals surface area contributed by atoms with E-state index in [0.717, 1.165) is 18.7 Å². The first-order valence-electron chi connectivity index (χ1n) is 6.04. The molecule has 3 rings (SSSR count). The number of fused-ring (bicyclic) bond motifs is 1. The van der Waals surface area contributed by atoms with E-state index >= 15 is 0 Å². The summed E-state index contributed by atoms with van der Waals surface area (Å²) in [5, 5.41) is 6.81. The average Bonchev–Trinajstić information content (AvgIpc) is 2.82. The number of carbonyl (C=O) groups excluding carboxylic acids is 1. The van der Waals surface area contributed by atoms with Crippen molar-refractivity contribution in [1.82, 2.24) is 19.7 Å². The Kier molecular flexibility index (Phi) is 2.86. The van der Waals surface area contributed by atoms with Crippen molar-refractivity contribution < 1.29 is 9.53 Å². The van der Waals surface area contributed by atoms with Gasteiger partial charge in [0.1, 0.15) is 0 Å². The Bertz CT molecular complexity index is 599. The molecule has 0 aliphatic carbocycles. The van der Waals surface area contributed by atoms with Gasteiger partial charge in [0, 0.05) is 30.9 Å². The first kappa shape index (κ1) is 11.6. The number of aryl methyl sites for hydroxylation is 2. The van der Waals surface area contributed by atoms with Crippen LogP contribution in [0.1, 0.15) is 22.6 Å². The summed E-state index contributed by atoms with van der Waals surface area (Å²) in [5.74, 6) is 0.564. The fourth-order valence-corrected chi connectivity index (χ4v) is 1.85. The Balaban J connectivity index is 1.78. The van der Waals surface area contributed by atoms with Crippen molar-refractivity contribution >= 4 is 11.9 Å². The summed E-state index contributed by atoms with van der Waals surface area (Å²) in [6.07, 6.45) is 2.50. The molecule has 0 saturated carbocycles. The highest BCUT2D eigenvalue weighted by molar-refractivity contribution is 6.02. The summed E-state index contributed by atoms with van der Waals surface area (Å²) in [6, 6.07) is 3.39. The Hall–Kier alpha value is -2.44. The molecule has 0 spiro atoms. The van der Waals surface area contributed by atoms with Gasteiger partial charge in [0.2, 0.25) is 11.8 Å². The third kappa shape index (κ3) is 2.40. The van der Waals surface area contributed by atoms with Crippen LogP contribution in [0.5, 0.6) is 5.88 Å². The van der Waals surface area contributed by atoms with Crippen LogP contribution >= 0.6 is 0 Å². The van der Waals surface area contributed by atoms with Crippen molar-refractivity contribution in [3.63, 3.8) is 0 Å². The maximum absolute atomic E-state index is 12.0. The number of aromatic nitrogens is 4. The van der Waals surface area contributed by atoms with Crippen molar-refractivity contribution in [2.24, 2.45) is 0 Å². The number of ether oxygens (including phenoxy) is 1. The average molecular weight is 259 g/mol. The van der Waals surface area contributed by atoms with Crippen LogP contribution in [0.4, 0.5) is 5.95 Å². The minimum Gasteiger partial charge on any atom is -0.478 e. The zero-order chi connectivity index (χ0) is 13.2. The van der Waals surface area contributed by atoms with E-state index in [0.29, 0.717) is 18.2 Å². The second-order valence-corrected chi connectivity index (χ2v) is 4.27. The van der Waals surface area contributed by atoms with E-state index in [-0.39, 0.29) is 11.9 Å². The summed E-state index contributed by atoms with van der Waals surface area (Å²) < 4.78 is 7.10. The summed E-state index contributed by atoms with van der Waals surface area (Å²) >= 11 is 0. The molecule has 1 aliphatic heterocycles. The number of rotatable bonds is 2. The van der Waals surface area contributed by atoms with Crippen LogP contribution < -0.4 is 10.1 Å². The minimum absolute atomic E-state index is 0.275. The number of hydrogen-bond acceptors (Lipinski definition) is 5. The lowest BCUT2D eigenvalue weighted by Crippen LogP contribution is -2.17. The van der Waals surface area contributed by atoms with Crippen LogP contribution in [0.3, 0.4) is 0 Å². The molecule has 2 aromatic rings. The van der Waals surface area contributed by atoms with E-state index in [1.54, 1.807) is 23.0 Å². The second-order valence-electron chi connectivity index (χ2n) is 4.27. The van der Waals surface area contributed by atoms with Crippen molar-refractivity contribution in [2.45, 2.75) is 19.9 Å². The van der Waals surface area contributed by atoms with Gasteiger partial charge in [-0.2, -0.15) is 5.10 Å². The maximum atomic E-state index is 12.0. The van der Waals surface area contributed by atoms with E-state index < -0.39 is 0 Å². The zero-order valence-electron chi connectivity index (χ0n) is 10.5. The number of nitrogens with one attached hydrogen (secondary N) is 1. The molecule has 19 heavy (non-hydrogen) atoms. The fraction of sp³-hybridized carbons (Fsp3) is 0.333. The van der Waals surface area contributed by atoms with E-state index in [1.165, 1.54) is 0 Å². The van der Waals surface area contributed by atoms with Crippen molar-refractivity contribution in [3.8, 4) is 5.88 Å². The van der Waals surface area contributed by atoms with Gasteiger partial charge in [-0.3, -0.25) is 10.1 Å². The molecule has 1 N–H and O–H groups in total. The molecule has 1 aliphatic rings. The van der Waals surface area contributed by atoms with Crippen molar-refractivity contribution in [2.75, 3.05) is 11.9 Å². The number of anilines is 1. The van der Waals surface area contributed by atoms with Crippen LogP contribution in [0.15, 0.2) is 18.3 Å². The summed E-state index contributed by atoms with van der Waals surface area (Å²) in [5.41, 5.74) is 1.10. The van der Waals surface area contributed by atoms with Gasteiger partial charge in [0.25, 0.3) is 5.91 Å². The van der Waals surface area contributed by atoms with Crippen LogP contribution in [0.25, 0.3) is 0 Å². The van der Waals surface area contributed by atoms with Gasteiger partial charge in [-0.25, -0.2) is 14.6 Å². The van der Waals surface area contributed by atoms with Gasteiger partial charge < -0.3 is 4.74 Å². The smallest absolute Gasteiger partial charge is 0.278 e. The van der Waals surface area contributed by atoms with Gasteiger partial charge in [-0.15, -0.1) is 0 Å². The Morgan fingerprint density at radius 2 is 2.42 bits per heavy atom. The number of carbonyl (C=O) groups is 1. The lowest BCUT2D eigenvalue weighted by atomic mass is 10.4. The third-order valence-corrected chi connectivity index (χ3v) is 2.76. The molecule has 0 atom stereocenters. The molecule has 3 heterocycles. The van der Waals surface area contributed by atoms with Crippen LogP contribution in [0, 0.1) is 6.92 Å². The Labute approximate surface area is 109 Å². The van der Waals surface area contributed by atoms with E-state index in [1.807, 2.05) is 6.92 Å². The Morgan fingerprint density at radius 3 is 3.21 bits per heavy atom. The largest absolute Gasteiger partial charge is 0.478 e. The molecule has 1 amide bonds. The van der Waals surface area contributed by atoms with Gasteiger partial charge in [0.05, 0.1) is 6.61 Å². The first-order chi connectivity index (χ1) is 9.22. The Morgan fingerprint density at radius 1 is 1.53 bits per heavy atom. The standard InChI is InChI=1S/C12H13N5O2/c1-8-3-4-13-12(14-8)15-11(18)9-7-10-17(16-9)5-2-6-19-10/h3-4,7H,2,5-6H2,1H3,(H,13,14,15,18). The summed E-state index contributed by atoms with van der Waals surface area (Å²) in [4.78, 5) is 20.1. The molecule has 7 heteroatoms. The first-order valence-corrected chi connectivity index (χ1v) is 6.04. The fourth-order valence-electron chi connectivity index (χ4n) is 1.85. The molecule has 0 bridgehead atoms. The summed E-state index contributed by atoms with van der Waals surface area (Å²) in [6.45, 7) is 3.26. The SMILES string of the molecule is Cc1ccnc(NC(=O)c2cc3n(n2)CCCO3)n1.